The van der Waals surface area contributed by atoms with E-state index in [-0.39, 0.29) is 17.5 Å². The first-order chi connectivity index (χ1) is 11.7. The number of piperidine rings is 1. The maximum absolute atomic E-state index is 14.4. The molecular formula is C16H15FN6O. The molecule has 0 spiro atoms. The van der Waals surface area contributed by atoms with Gasteiger partial charge in [0.15, 0.2) is 0 Å². The van der Waals surface area contributed by atoms with Crippen LogP contribution in [-0.2, 0) is 0 Å². The summed E-state index contributed by atoms with van der Waals surface area (Å²) in [4.78, 5) is 27.0. The molecule has 8 heteroatoms. The number of fused-ring (bicyclic) bond motifs is 1. The summed E-state index contributed by atoms with van der Waals surface area (Å²) >= 11 is 0. The van der Waals surface area contributed by atoms with E-state index in [4.69, 9.17) is 0 Å². The number of benzene rings is 1. The summed E-state index contributed by atoms with van der Waals surface area (Å²) in [5.41, 5.74) is 0.932. The molecule has 0 unspecified atom stereocenters. The van der Waals surface area contributed by atoms with Crippen LogP contribution >= 0.6 is 0 Å². The Morgan fingerprint density at radius 2 is 1.96 bits per heavy atom. The minimum Gasteiger partial charge on any atom is -0.328 e. The Morgan fingerprint density at radius 1 is 1.17 bits per heavy atom. The predicted molar refractivity (Wildman–Crippen MR) is 83.5 cm³/mol. The second-order valence-corrected chi connectivity index (χ2v) is 5.76. The molecule has 7 nitrogen and oxygen atoms in total. The number of hydrogen-bond donors (Lipinski definition) is 1. The summed E-state index contributed by atoms with van der Waals surface area (Å²) in [7, 11) is 0. The molecule has 0 aliphatic carbocycles. The van der Waals surface area contributed by atoms with Gasteiger partial charge in [0.05, 0.1) is 22.6 Å². The van der Waals surface area contributed by atoms with Gasteiger partial charge in [-0.15, -0.1) is 0 Å². The largest absolute Gasteiger partial charge is 0.328 e. The van der Waals surface area contributed by atoms with Gasteiger partial charge in [0.1, 0.15) is 18.0 Å². The smallest absolute Gasteiger partial charge is 0.257 e. The van der Waals surface area contributed by atoms with Crippen molar-refractivity contribution < 1.29 is 9.18 Å². The number of aromatic nitrogens is 5. The third kappa shape index (κ3) is 2.49. The fourth-order valence-corrected chi connectivity index (χ4v) is 3.14. The fourth-order valence-electron chi connectivity index (χ4n) is 3.14. The monoisotopic (exact) mass is 326 g/mol. The summed E-state index contributed by atoms with van der Waals surface area (Å²) in [6.07, 6.45) is 7.07. The van der Waals surface area contributed by atoms with Gasteiger partial charge in [0.25, 0.3) is 5.91 Å². The highest BCUT2D eigenvalue weighted by molar-refractivity contribution is 5.97. The second kappa shape index (κ2) is 5.95. The van der Waals surface area contributed by atoms with Gasteiger partial charge in [0, 0.05) is 25.0 Å². The Hall–Kier alpha value is -2.90. The number of carbonyl (C=O) groups is 1. The average Bonchev–Trinajstić information content (AvgIpc) is 3.15. The Labute approximate surface area is 136 Å². The Bertz CT molecular complexity index is 881. The van der Waals surface area contributed by atoms with E-state index in [1.165, 1.54) is 30.9 Å². The number of aromatic amines is 1. The lowest BCUT2D eigenvalue weighted by Gasteiger charge is -2.34. The minimum absolute atomic E-state index is 0.00872. The van der Waals surface area contributed by atoms with Crippen molar-refractivity contribution >= 4 is 16.9 Å². The zero-order valence-electron chi connectivity index (χ0n) is 12.8. The number of halogens is 1. The molecule has 1 atom stereocenters. The van der Waals surface area contributed by atoms with Crippen molar-refractivity contribution in [3.8, 4) is 0 Å². The summed E-state index contributed by atoms with van der Waals surface area (Å²) in [6.45, 7) is 0.558. The van der Waals surface area contributed by atoms with Crippen LogP contribution in [0.2, 0.25) is 0 Å². The van der Waals surface area contributed by atoms with E-state index >= 15 is 0 Å². The third-order valence-electron chi connectivity index (χ3n) is 4.30. The maximum Gasteiger partial charge on any atom is 0.257 e. The van der Waals surface area contributed by atoms with Crippen molar-refractivity contribution in [2.45, 2.75) is 25.3 Å². The number of nitrogens with zero attached hydrogens (tertiary/aromatic N) is 5. The van der Waals surface area contributed by atoms with Crippen LogP contribution < -0.4 is 0 Å². The van der Waals surface area contributed by atoms with Crippen LogP contribution in [-0.4, -0.2) is 42.5 Å². The van der Waals surface area contributed by atoms with E-state index in [0.717, 1.165) is 19.3 Å². The molecule has 0 saturated carbocycles. The molecule has 1 aliphatic heterocycles. The zero-order chi connectivity index (χ0) is 16.5. The van der Waals surface area contributed by atoms with Crippen LogP contribution in [0.25, 0.3) is 11.0 Å². The molecule has 0 radical (unpaired) electrons. The van der Waals surface area contributed by atoms with E-state index in [0.29, 0.717) is 23.4 Å². The standard InChI is InChI=1S/C16H15FN6O/c17-11-8-13-12(18-4-5-19-13)7-10(11)16(24)23-6-2-1-3-14(23)15-20-9-21-22-15/h4-5,7-9,14H,1-3,6H2,(H,20,21,22)/t14-/m1/s1. The quantitative estimate of drug-likeness (QED) is 0.780. The highest BCUT2D eigenvalue weighted by Gasteiger charge is 2.32. The molecule has 122 valence electrons. The van der Waals surface area contributed by atoms with Crippen molar-refractivity contribution in [3.63, 3.8) is 0 Å². The lowest BCUT2D eigenvalue weighted by molar-refractivity contribution is 0.0596. The van der Waals surface area contributed by atoms with Gasteiger partial charge in [0.2, 0.25) is 0 Å². The molecule has 24 heavy (non-hydrogen) atoms. The first-order valence-corrected chi connectivity index (χ1v) is 7.80. The van der Waals surface area contributed by atoms with Gasteiger partial charge in [-0.2, -0.15) is 5.10 Å². The van der Waals surface area contributed by atoms with Crippen LogP contribution in [0.3, 0.4) is 0 Å². The van der Waals surface area contributed by atoms with Crippen LogP contribution in [0, 0.1) is 5.82 Å². The van der Waals surface area contributed by atoms with E-state index in [1.54, 1.807) is 4.90 Å². The zero-order valence-corrected chi connectivity index (χ0v) is 12.8. The number of nitrogens with one attached hydrogen (secondary N) is 1. The van der Waals surface area contributed by atoms with Crippen LogP contribution in [0.4, 0.5) is 4.39 Å². The molecular weight excluding hydrogens is 311 g/mol. The fraction of sp³-hybridized carbons (Fsp3) is 0.312. The first kappa shape index (κ1) is 14.7. The Balaban J connectivity index is 1.72. The molecule has 4 rings (SSSR count). The van der Waals surface area contributed by atoms with Crippen LogP contribution in [0.15, 0.2) is 30.9 Å². The Kier molecular flexibility index (Phi) is 3.64. The molecule has 1 saturated heterocycles. The normalized spacial score (nSPS) is 18.0. The molecule has 1 fully saturated rings. The lowest BCUT2D eigenvalue weighted by atomic mass is 10.00. The van der Waals surface area contributed by atoms with E-state index < -0.39 is 5.82 Å². The SMILES string of the molecule is O=C(c1cc2nccnc2cc1F)N1CCCC[C@@H]1c1ncn[nH]1. The van der Waals surface area contributed by atoms with Gasteiger partial charge in [-0.25, -0.2) is 9.37 Å². The molecule has 1 aromatic carbocycles. The number of carbonyl (C=O) groups excluding carboxylic acids is 1. The molecule has 1 amide bonds. The van der Waals surface area contributed by atoms with Crippen molar-refractivity contribution in [1.82, 2.24) is 30.0 Å². The van der Waals surface area contributed by atoms with Gasteiger partial charge < -0.3 is 4.90 Å². The summed E-state index contributed by atoms with van der Waals surface area (Å²) in [6, 6.07) is 2.50. The average molecular weight is 326 g/mol. The van der Waals surface area contributed by atoms with Crippen molar-refractivity contribution in [1.29, 1.82) is 0 Å². The maximum atomic E-state index is 14.4. The molecule has 3 aromatic rings. The summed E-state index contributed by atoms with van der Waals surface area (Å²) < 4.78 is 14.4. The topological polar surface area (TPSA) is 87.7 Å². The van der Waals surface area contributed by atoms with Crippen molar-refractivity contribution in [3.05, 3.63) is 48.1 Å². The van der Waals surface area contributed by atoms with E-state index in [1.807, 2.05) is 0 Å². The number of hydrogen-bond acceptors (Lipinski definition) is 5. The predicted octanol–water partition coefficient (Wildman–Crippen LogP) is 2.25. The number of amides is 1. The molecule has 0 bridgehead atoms. The number of H-pyrrole nitrogens is 1. The van der Waals surface area contributed by atoms with E-state index in [9.17, 15) is 9.18 Å². The summed E-state index contributed by atoms with van der Waals surface area (Å²) in [5.74, 6) is -0.319. The molecule has 3 heterocycles. The first-order valence-electron chi connectivity index (χ1n) is 7.80. The van der Waals surface area contributed by atoms with Gasteiger partial charge in [-0.1, -0.05) is 0 Å². The molecule has 1 N–H and O–H groups in total. The Morgan fingerprint density at radius 3 is 2.71 bits per heavy atom. The highest BCUT2D eigenvalue weighted by atomic mass is 19.1. The van der Waals surface area contributed by atoms with Crippen molar-refractivity contribution in [2.24, 2.45) is 0 Å². The molecule has 1 aliphatic rings. The van der Waals surface area contributed by atoms with Crippen molar-refractivity contribution in [2.75, 3.05) is 6.54 Å². The lowest BCUT2D eigenvalue weighted by Crippen LogP contribution is -2.39. The van der Waals surface area contributed by atoms with Crippen LogP contribution in [0.1, 0.15) is 41.5 Å². The van der Waals surface area contributed by atoms with Gasteiger partial charge in [-0.05, 0) is 25.3 Å². The van der Waals surface area contributed by atoms with Gasteiger partial charge in [-0.3, -0.25) is 19.9 Å². The number of rotatable bonds is 2. The summed E-state index contributed by atoms with van der Waals surface area (Å²) in [5, 5.41) is 6.67. The van der Waals surface area contributed by atoms with Gasteiger partial charge >= 0.3 is 0 Å². The minimum atomic E-state index is -0.588. The second-order valence-electron chi connectivity index (χ2n) is 5.76. The number of likely N-dealkylation sites (tertiary alicyclic amines) is 1. The third-order valence-corrected chi connectivity index (χ3v) is 4.30. The highest BCUT2D eigenvalue weighted by Crippen LogP contribution is 2.30. The van der Waals surface area contributed by atoms with E-state index in [2.05, 4.69) is 25.1 Å². The van der Waals surface area contributed by atoms with Crippen LogP contribution in [0.5, 0.6) is 0 Å². The molecule has 2 aromatic heterocycles.